The minimum atomic E-state index is 0.139. The number of aryl methyl sites for hydroxylation is 1. The zero-order valence-corrected chi connectivity index (χ0v) is 15.3. The van der Waals surface area contributed by atoms with E-state index in [1.807, 2.05) is 12.1 Å². The van der Waals surface area contributed by atoms with Crippen molar-refractivity contribution in [3.05, 3.63) is 29.8 Å². The molecule has 1 aliphatic heterocycles. The molecule has 0 spiro atoms. The van der Waals surface area contributed by atoms with Crippen molar-refractivity contribution in [2.75, 3.05) is 52.4 Å². The summed E-state index contributed by atoms with van der Waals surface area (Å²) in [7, 11) is 0. The molecule has 1 saturated heterocycles. The Labute approximate surface area is 146 Å². The number of nitrogens with zero attached hydrogens (tertiary/aromatic N) is 2. The van der Waals surface area contributed by atoms with Gasteiger partial charge in [0.05, 0.1) is 6.54 Å². The highest BCUT2D eigenvalue weighted by Gasteiger charge is 2.18. The highest BCUT2D eigenvalue weighted by Crippen LogP contribution is 2.11. The Balaban J connectivity index is 1.59. The number of carbonyl (C=O) groups is 1. The number of carbonyl (C=O) groups excluding carboxylic acids is 1. The third kappa shape index (κ3) is 6.89. The fourth-order valence-electron chi connectivity index (χ4n) is 2.68. The summed E-state index contributed by atoms with van der Waals surface area (Å²) >= 11 is 0. The van der Waals surface area contributed by atoms with Crippen LogP contribution in [0.15, 0.2) is 24.3 Å². The van der Waals surface area contributed by atoms with Crippen LogP contribution >= 0.6 is 0 Å². The molecule has 24 heavy (non-hydrogen) atoms. The lowest BCUT2D eigenvalue weighted by molar-refractivity contribution is -0.122. The van der Waals surface area contributed by atoms with Gasteiger partial charge in [0, 0.05) is 39.3 Å². The van der Waals surface area contributed by atoms with Crippen LogP contribution in [0.2, 0.25) is 0 Å². The second-order valence-electron chi connectivity index (χ2n) is 6.98. The molecule has 5 nitrogen and oxygen atoms in total. The van der Waals surface area contributed by atoms with Gasteiger partial charge in [0.15, 0.2) is 0 Å². The van der Waals surface area contributed by atoms with Gasteiger partial charge in [-0.25, -0.2) is 0 Å². The van der Waals surface area contributed by atoms with Crippen LogP contribution in [-0.4, -0.2) is 68.1 Å². The van der Waals surface area contributed by atoms with Crippen LogP contribution < -0.4 is 10.1 Å². The van der Waals surface area contributed by atoms with Crippen molar-refractivity contribution in [2.45, 2.75) is 20.8 Å². The second-order valence-corrected chi connectivity index (χ2v) is 6.98. The highest BCUT2D eigenvalue weighted by atomic mass is 16.5. The van der Waals surface area contributed by atoms with Gasteiger partial charge in [0.1, 0.15) is 12.4 Å². The predicted molar refractivity (Wildman–Crippen MR) is 97.4 cm³/mol. The van der Waals surface area contributed by atoms with E-state index >= 15 is 0 Å². The fourth-order valence-corrected chi connectivity index (χ4v) is 2.68. The van der Waals surface area contributed by atoms with E-state index in [1.54, 1.807) is 0 Å². The van der Waals surface area contributed by atoms with E-state index in [1.165, 1.54) is 5.56 Å². The van der Waals surface area contributed by atoms with Crippen LogP contribution in [0.25, 0.3) is 0 Å². The van der Waals surface area contributed by atoms with E-state index < -0.39 is 0 Å². The molecule has 0 unspecified atom stereocenters. The molecular formula is C19H31N3O2. The molecule has 0 saturated carbocycles. The molecule has 134 valence electrons. The Morgan fingerprint density at radius 1 is 1.12 bits per heavy atom. The lowest BCUT2D eigenvalue weighted by Gasteiger charge is -2.34. The molecule has 1 aromatic carbocycles. The van der Waals surface area contributed by atoms with E-state index in [4.69, 9.17) is 4.74 Å². The van der Waals surface area contributed by atoms with Crippen LogP contribution in [0.4, 0.5) is 0 Å². The Morgan fingerprint density at radius 2 is 1.75 bits per heavy atom. The molecule has 5 heteroatoms. The van der Waals surface area contributed by atoms with E-state index in [-0.39, 0.29) is 5.91 Å². The van der Waals surface area contributed by atoms with Crippen LogP contribution in [0, 0.1) is 12.8 Å². The first-order valence-electron chi connectivity index (χ1n) is 8.94. The first kappa shape index (κ1) is 18.7. The number of hydrogen-bond donors (Lipinski definition) is 1. The third-order valence-corrected chi connectivity index (χ3v) is 4.24. The Morgan fingerprint density at radius 3 is 2.38 bits per heavy atom. The van der Waals surface area contributed by atoms with Crippen LogP contribution in [0.1, 0.15) is 19.4 Å². The zero-order valence-electron chi connectivity index (χ0n) is 15.3. The monoisotopic (exact) mass is 333 g/mol. The summed E-state index contributed by atoms with van der Waals surface area (Å²) in [5.74, 6) is 1.57. The molecule has 0 radical (unpaired) electrons. The first-order valence-corrected chi connectivity index (χ1v) is 8.94. The van der Waals surface area contributed by atoms with Gasteiger partial charge in [-0.15, -0.1) is 0 Å². The summed E-state index contributed by atoms with van der Waals surface area (Å²) in [6.45, 7) is 13.1. The van der Waals surface area contributed by atoms with Gasteiger partial charge in [-0.2, -0.15) is 0 Å². The molecular weight excluding hydrogens is 302 g/mol. The lowest BCUT2D eigenvalue weighted by atomic mass is 10.2. The summed E-state index contributed by atoms with van der Waals surface area (Å²) < 4.78 is 5.79. The Kier molecular flexibility index (Phi) is 7.53. The Bertz CT molecular complexity index is 494. The SMILES string of the molecule is Cc1ccc(OCCN2CCN(CC(=O)NCC(C)C)CC2)cc1. The molecule has 1 aromatic rings. The Hall–Kier alpha value is -1.59. The smallest absolute Gasteiger partial charge is 0.234 e. The van der Waals surface area contributed by atoms with Gasteiger partial charge in [-0.1, -0.05) is 31.5 Å². The van der Waals surface area contributed by atoms with E-state index in [2.05, 4.69) is 48.0 Å². The number of nitrogens with one attached hydrogen (secondary N) is 1. The van der Waals surface area contributed by atoms with Crippen LogP contribution in [-0.2, 0) is 4.79 Å². The standard InChI is InChI=1S/C19H31N3O2/c1-16(2)14-20-19(23)15-22-10-8-21(9-11-22)12-13-24-18-6-4-17(3)5-7-18/h4-7,16H,8-15H2,1-3H3,(H,20,23). The van der Waals surface area contributed by atoms with Gasteiger partial charge in [0.2, 0.25) is 5.91 Å². The summed E-state index contributed by atoms with van der Waals surface area (Å²) in [5, 5.41) is 2.98. The van der Waals surface area contributed by atoms with Crippen molar-refractivity contribution in [1.82, 2.24) is 15.1 Å². The van der Waals surface area contributed by atoms with Crippen molar-refractivity contribution >= 4 is 5.91 Å². The van der Waals surface area contributed by atoms with Crippen molar-refractivity contribution in [2.24, 2.45) is 5.92 Å². The fraction of sp³-hybridized carbons (Fsp3) is 0.632. The van der Waals surface area contributed by atoms with Gasteiger partial charge in [0.25, 0.3) is 0 Å². The van der Waals surface area contributed by atoms with Crippen LogP contribution in [0.5, 0.6) is 5.75 Å². The number of piperazine rings is 1. The van der Waals surface area contributed by atoms with E-state index in [9.17, 15) is 4.79 Å². The zero-order chi connectivity index (χ0) is 17.4. The molecule has 2 rings (SSSR count). The van der Waals surface area contributed by atoms with Gasteiger partial charge in [-0.3, -0.25) is 14.6 Å². The number of hydrogen-bond acceptors (Lipinski definition) is 4. The van der Waals surface area contributed by atoms with Crippen molar-refractivity contribution < 1.29 is 9.53 Å². The molecule has 0 bridgehead atoms. The van der Waals surface area contributed by atoms with Crippen molar-refractivity contribution in [3.8, 4) is 5.75 Å². The lowest BCUT2D eigenvalue weighted by Crippen LogP contribution is -2.50. The summed E-state index contributed by atoms with van der Waals surface area (Å²) in [6, 6.07) is 8.17. The number of ether oxygens (including phenoxy) is 1. The normalized spacial score (nSPS) is 16.3. The number of amides is 1. The highest BCUT2D eigenvalue weighted by molar-refractivity contribution is 5.78. The van der Waals surface area contributed by atoms with Crippen LogP contribution in [0.3, 0.4) is 0 Å². The summed E-state index contributed by atoms with van der Waals surface area (Å²) in [4.78, 5) is 16.5. The molecule has 1 heterocycles. The van der Waals surface area contributed by atoms with Crippen molar-refractivity contribution in [3.63, 3.8) is 0 Å². The molecule has 0 aromatic heterocycles. The number of rotatable bonds is 8. The van der Waals surface area contributed by atoms with E-state index in [0.717, 1.165) is 45.0 Å². The molecule has 1 fully saturated rings. The topological polar surface area (TPSA) is 44.8 Å². The predicted octanol–water partition coefficient (Wildman–Crippen LogP) is 1.76. The summed E-state index contributed by atoms with van der Waals surface area (Å²) in [6.07, 6.45) is 0. The minimum Gasteiger partial charge on any atom is -0.492 e. The average molecular weight is 333 g/mol. The van der Waals surface area contributed by atoms with Crippen molar-refractivity contribution in [1.29, 1.82) is 0 Å². The minimum absolute atomic E-state index is 0.139. The molecule has 0 aliphatic carbocycles. The maximum absolute atomic E-state index is 11.9. The maximum atomic E-state index is 11.9. The molecule has 1 aliphatic rings. The number of benzene rings is 1. The molecule has 1 amide bonds. The van der Waals surface area contributed by atoms with Gasteiger partial charge < -0.3 is 10.1 Å². The molecule has 1 N–H and O–H groups in total. The van der Waals surface area contributed by atoms with E-state index in [0.29, 0.717) is 19.1 Å². The summed E-state index contributed by atoms with van der Waals surface area (Å²) in [5.41, 5.74) is 1.25. The van der Waals surface area contributed by atoms with Gasteiger partial charge in [-0.05, 0) is 25.0 Å². The maximum Gasteiger partial charge on any atom is 0.234 e. The largest absolute Gasteiger partial charge is 0.492 e. The molecule has 0 atom stereocenters. The quantitative estimate of drug-likeness (QED) is 0.787. The first-order chi connectivity index (χ1) is 11.5. The second kappa shape index (κ2) is 9.64. The van der Waals surface area contributed by atoms with Gasteiger partial charge >= 0.3 is 0 Å². The average Bonchev–Trinajstić information content (AvgIpc) is 2.56. The third-order valence-electron chi connectivity index (χ3n) is 4.24.